The minimum atomic E-state index is -0.582. The summed E-state index contributed by atoms with van der Waals surface area (Å²) in [4.78, 5) is 21.5. The van der Waals surface area contributed by atoms with Gasteiger partial charge in [0.2, 0.25) is 0 Å². The van der Waals surface area contributed by atoms with Crippen LogP contribution >= 0.6 is 0 Å². The standard InChI is InChI=1S/C11H12FNO3/c12-4-7-16-10-3-1-2-9(8-10)11(15)13-5-6-14/h1-3,6,8H,4-5,7H2,(H,13,15). The van der Waals surface area contributed by atoms with Crippen LogP contribution in [0.2, 0.25) is 0 Å². The van der Waals surface area contributed by atoms with Gasteiger partial charge in [0.05, 0.1) is 6.54 Å². The Morgan fingerprint density at radius 1 is 1.50 bits per heavy atom. The van der Waals surface area contributed by atoms with Gasteiger partial charge in [0.1, 0.15) is 25.3 Å². The van der Waals surface area contributed by atoms with Gasteiger partial charge in [-0.05, 0) is 18.2 Å². The van der Waals surface area contributed by atoms with E-state index in [2.05, 4.69) is 5.32 Å². The molecule has 0 radical (unpaired) electrons. The number of aldehydes is 1. The molecule has 1 amide bonds. The predicted octanol–water partition coefficient (Wildman–Crippen LogP) is 0.964. The topological polar surface area (TPSA) is 55.4 Å². The van der Waals surface area contributed by atoms with Crippen molar-refractivity contribution in [2.24, 2.45) is 0 Å². The van der Waals surface area contributed by atoms with Crippen LogP contribution in [0.25, 0.3) is 0 Å². The highest BCUT2D eigenvalue weighted by Gasteiger charge is 2.05. The van der Waals surface area contributed by atoms with Gasteiger partial charge in [-0.25, -0.2) is 4.39 Å². The normalized spacial score (nSPS) is 9.56. The van der Waals surface area contributed by atoms with E-state index in [1.165, 1.54) is 6.07 Å². The molecule has 4 nitrogen and oxygen atoms in total. The second kappa shape index (κ2) is 6.55. The quantitative estimate of drug-likeness (QED) is 0.734. The number of hydrogen-bond acceptors (Lipinski definition) is 3. The molecule has 0 aliphatic heterocycles. The number of hydrogen-bond donors (Lipinski definition) is 1. The van der Waals surface area contributed by atoms with E-state index in [1.807, 2.05) is 0 Å². The zero-order chi connectivity index (χ0) is 11.8. The summed E-state index contributed by atoms with van der Waals surface area (Å²) in [6.07, 6.45) is 0.599. The highest BCUT2D eigenvalue weighted by Crippen LogP contribution is 2.13. The van der Waals surface area contributed by atoms with E-state index in [-0.39, 0.29) is 19.1 Å². The smallest absolute Gasteiger partial charge is 0.251 e. The van der Waals surface area contributed by atoms with Gasteiger partial charge < -0.3 is 14.8 Å². The van der Waals surface area contributed by atoms with Crippen molar-refractivity contribution in [1.82, 2.24) is 5.32 Å². The van der Waals surface area contributed by atoms with Crippen LogP contribution in [-0.4, -0.2) is 32.0 Å². The summed E-state index contributed by atoms with van der Waals surface area (Å²) in [5.74, 6) is 0.0641. The molecule has 1 rings (SSSR count). The van der Waals surface area contributed by atoms with E-state index >= 15 is 0 Å². The SMILES string of the molecule is O=CCNC(=O)c1cccc(OCCF)c1. The first-order valence-corrected chi connectivity index (χ1v) is 4.78. The Kier molecular flexibility index (Phi) is 4.98. The zero-order valence-electron chi connectivity index (χ0n) is 8.61. The number of nitrogens with one attached hydrogen (secondary N) is 1. The van der Waals surface area contributed by atoms with Crippen molar-refractivity contribution in [3.05, 3.63) is 29.8 Å². The largest absolute Gasteiger partial charge is 0.491 e. The maximum Gasteiger partial charge on any atom is 0.251 e. The van der Waals surface area contributed by atoms with Gasteiger partial charge >= 0.3 is 0 Å². The van der Waals surface area contributed by atoms with Crippen LogP contribution in [0.15, 0.2) is 24.3 Å². The lowest BCUT2D eigenvalue weighted by Gasteiger charge is -2.06. The number of alkyl halides is 1. The molecule has 0 spiro atoms. The van der Waals surface area contributed by atoms with Crippen LogP contribution in [0.3, 0.4) is 0 Å². The van der Waals surface area contributed by atoms with Gasteiger partial charge in [-0.3, -0.25) is 4.79 Å². The fourth-order valence-electron chi connectivity index (χ4n) is 1.12. The molecular formula is C11H12FNO3. The monoisotopic (exact) mass is 225 g/mol. The molecule has 1 aromatic rings. The number of carbonyl (C=O) groups excluding carboxylic acids is 2. The summed E-state index contributed by atoms with van der Waals surface area (Å²) < 4.78 is 16.9. The molecule has 0 fully saturated rings. The number of carbonyl (C=O) groups is 2. The number of halogens is 1. The number of amides is 1. The Bertz CT molecular complexity index is 368. The minimum absolute atomic E-state index is 0.0333. The summed E-state index contributed by atoms with van der Waals surface area (Å²) in [5, 5.41) is 2.40. The molecule has 0 atom stereocenters. The third kappa shape index (κ3) is 3.68. The third-order valence-corrected chi connectivity index (χ3v) is 1.79. The van der Waals surface area contributed by atoms with Crippen molar-refractivity contribution in [3.8, 4) is 5.75 Å². The first-order chi connectivity index (χ1) is 7.77. The number of ether oxygens (including phenoxy) is 1. The first kappa shape index (κ1) is 12.2. The number of benzene rings is 1. The van der Waals surface area contributed by atoms with E-state index in [0.717, 1.165) is 0 Å². The van der Waals surface area contributed by atoms with Crippen molar-refractivity contribution in [3.63, 3.8) is 0 Å². The maximum atomic E-state index is 11.9. The average molecular weight is 225 g/mol. The van der Waals surface area contributed by atoms with Gasteiger partial charge in [-0.15, -0.1) is 0 Å². The molecule has 86 valence electrons. The van der Waals surface area contributed by atoms with E-state index in [0.29, 0.717) is 17.6 Å². The van der Waals surface area contributed by atoms with Gasteiger partial charge in [0.25, 0.3) is 5.91 Å². The zero-order valence-corrected chi connectivity index (χ0v) is 8.61. The van der Waals surface area contributed by atoms with Crippen molar-refractivity contribution >= 4 is 12.2 Å². The van der Waals surface area contributed by atoms with Gasteiger partial charge in [-0.1, -0.05) is 6.07 Å². The van der Waals surface area contributed by atoms with E-state index < -0.39 is 6.67 Å². The summed E-state index contributed by atoms with van der Waals surface area (Å²) in [7, 11) is 0. The van der Waals surface area contributed by atoms with Crippen LogP contribution in [0.5, 0.6) is 5.75 Å². The van der Waals surface area contributed by atoms with Crippen molar-refractivity contribution in [1.29, 1.82) is 0 Å². The van der Waals surface area contributed by atoms with Gasteiger partial charge in [0, 0.05) is 5.56 Å². The lowest BCUT2D eigenvalue weighted by molar-refractivity contribution is -0.107. The molecule has 1 aromatic carbocycles. The predicted molar refractivity (Wildman–Crippen MR) is 56.3 cm³/mol. The molecule has 0 aliphatic rings. The third-order valence-electron chi connectivity index (χ3n) is 1.79. The maximum absolute atomic E-state index is 11.9. The van der Waals surface area contributed by atoms with Crippen molar-refractivity contribution in [2.45, 2.75) is 0 Å². The summed E-state index contributed by atoms with van der Waals surface area (Å²) in [5.41, 5.74) is 0.373. The van der Waals surface area contributed by atoms with Crippen molar-refractivity contribution in [2.75, 3.05) is 19.8 Å². The first-order valence-electron chi connectivity index (χ1n) is 4.78. The fourth-order valence-corrected chi connectivity index (χ4v) is 1.12. The minimum Gasteiger partial charge on any atom is -0.491 e. The van der Waals surface area contributed by atoms with Crippen LogP contribution in [0.1, 0.15) is 10.4 Å². The molecule has 0 bridgehead atoms. The Morgan fingerprint density at radius 3 is 3.00 bits per heavy atom. The van der Waals surface area contributed by atoms with Crippen LogP contribution in [0, 0.1) is 0 Å². The Hall–Kier alpha value is -1.91. The van der Waals surface area contributed by atoms with Crippen LogP contribution in [-0.2, 0) is 4.79 Å². The molecule has 1 N–H and O–H groups in total. The second-order valence-electron chi connectivity index (χ2n) is 2.94. The molecule has 0 unspecified atom stereocenters. The Morgan fingerprint density at radius 2 is 2.31 bits per heavy atom. The molecule has 0 aliphatic carbocycles. The summed E-state index contributed by atoms with van der Waals surface area (Å²) in [6.45, 7) is -0.657. The highest BCUT2D eigenvalue weighted by atomic mass is 19.1. The average Bonchev–Trinajstić information content (AvgIpc) is 2.33. The fraction of sp³-hybridized carbons (Fsp3) is 0.273. The van der Waals surface area contributed by atoms with E-state index in [9.17, 15) is 14.0 Å². The molecule has 0 aromatic heterocycles. The molecule has 16 heavy (non-hydrogen) atoms. The highest BCUT2D eigenvalue weighted by molar-refractivity contribution is 5.95. The Labute approximate surface area is 92.4 Å². The molecule has 5 heteroatoms. The second-order valence-corrected chi connectivity index (χ2v) is 2.94. The molecule has 0 heterocycles. The van der Waals surface area contributed by atoms with Crippen LogP contribution in [0.4, 0.5) is 4.39 Å². The summed E-state index contributed by atoms with van der Waals surface area (Å²) in [6, 6.07) is 6.34. The van der Waals surface area contributed by atoms with E-state index in [4.69, 9.17) is 4.74 Å². The molecule has 0 saturated heterocycles. The van der Waals surface area contributed by atoms with Crippen molar-refractivity contribution < 1.29 is 18.7 Å². The summed E-state index contributed by atoms with van der Waals surface area (Å²) >= 11 is 0. The lowest BCUT2D eigenvalue weighted by atomic mass is 10.2. The molecule has 0 saturated carbocycles. The molecular weight excluding hydrogens is 213 g/mol. The van der Waals surface area contributed by atoms with Crippen LogP contribution < -0.4 is 10.1 Å². The van der Waals surface area contributed by atoms with E-state index in [1.54, 1.807) is 18.2 Å². The Balaban J connectivity index is 2.65. The van der Waals surface area contributed by atoms with Gasteiger partial charge in [-0.2, -0.15) is 0 Å². The van der Waals surface area contributed by atoms with Gasteiger partial charge in [0.15, 0.2) is 0 Å². The number of rotatable bonds is 6. The lowest BCUT2D eigenvalue weighted by Crippen LogP contribution is -2.25.